The van der Waals surface area contributed by atoms with E-state index in [0.717, 1.165) is 17.1 Å². The highest BCUT2D eigenvalue weighted by molar-refractivity contribution is 5.99. The molecule has 0 bridgehead atoms. The van der Waals surface area contributed by atoms with Crippen LogP contribution in [0, 0.1) is 0 Å². The van der Waals surface area contributed by atoms with E-state index in [1.807, 2.05) is 57.3 Å². The third-order valence-electron chi connectivity index (χ3n) is 6.83. The largest absolute Gasteiger partial charge is 0.497 e. The van der Waals surface area contributed by atoms with Gasteiger partial charge in [0.1, 0.15) is 17.4 Å². The summed E-state index contributed by atoms with van der Waals surface area (Å²) in [5.41, 5.74) is 2.23. The first-order chi connectivity index (χ1) is 16.7. The summed E-state index contributed by atoms with van der Waals surface area (Å²) in [5, 5.41) is 0. The van der Waals surface area contributed by atoms with Gasteiger partial charge in [-0.05, 0) is 81.8 Å². The van der Waals surface area contributed by atoms with Crippen LogP contribution in [0.15, 0.2) is 42.6 Å². The van der Waals surface area contributed by atoms with Crippen LogP contribution in [-0.2, 0) is 16.1 Å². The number of rotatable bonds is 6. The zero-order valence-corrected chi connectivity index (χ0v) is 21.3. The second kappa shape index (κ2) is 10.7. The number of hydrogen-bond acceptors (Lipinski definition) is 5. The van der Waals surface area contributed by atoms with Crippen LogP contribution in [0.2, 0.25) is 0 Å². The van der Waals surface area contributed by atoms with Crippen molar-refractivity contribution in [2.24, 2.45) is 0 Å². The third kappa shape index (κ3) is 6.13. The lowest BCUT2D eigenvalue weighted by Gasteiger charge is -2.42. The summed E-state index contributed by atoms with van der Waals surface area (Å²) in [6.07, 6.45) is 8.45. The molecule has 2 heterocycles. The molecule has 2 fully saturated rings. The average Bonchev–Trinajstić information content (AvgIpc) is 2.81. The molecule has 1 saturated heterocycles. The number of anilines is 1. The topological polar surface area (TPSA) is 72.0 Å². The summed E-state index contributed by atoms with van der Waals surface area (Å²) < 4.78 is 10.8. The predicted molar refractivity (Wildman–Crippen MR) is 136 cm³/mol. The predicted octanol–water partition coefficient (Wildman–Crippen LogP) is 5.68. The summed E-state index contributed by atoms with van der Waals surface area (Å²) >= 11 is 0. The van der Waals surface area contributed by atoms with Gasteiger partial charge in [0.05, 0.1) is 19.3 Å². The van der Waals surface area contributed by atoms with E-state index < -0.39 is 17.7 Å². The molecule has 2 amide bonds. The highest BCUT2D eigenvalue weighted by Gasteiger charge is 2.42. The molecule has 0 radical (unpaired) electrons. The maximum absolute atomic E-state index is 13.7. The molecule has 7 heteroatoms. The maximum Gasteiger partial charge on any atom is 0.410 e. The van der Waals surface area contributed by atoms with Gasteiger partial charge >= 0.3 is 6.09 Å². The Morgan fingerprint density at radius 2 is 1.74 bits per heavy atom. The zero-order chi connectivity index (χ0) is 25.0. The van der Waals surface area contributed by atoms with Crippen LogP contribution < -0.4 is 9.64 Å². The van der Waals surface area contributed by atoms with Crippen LogP contribution in [0.5, 0.6) is 5.75 Å². The number of aromatic nitrogens is 1. The summed E-state index contributed by atoms with van der Waals surface area (Å²) in [6, 6.07) is 11.0. The number of pyridine rings is 1. The number of carbonyl (C=O) groups excluding carboxylic acids is 2. The Kier molecular flexibility index (Phi) is 7.63. The summed E-state index contributed by atoms with van der Waals surface area (Å²) in [5.74, 6) is 1.17. The summed E-state index contributed by atoms with van der Waals surface area (Å²) in [6.45, 7) is 6.32. The van der Waals surface area contributed by atoms with Gasteiger partial charge in [0, 0.05) is 18.4 Å². The molecule has 0 N–H and O–H groups in total. The smallest absolute Gasteiger partial charge is 0.410 e. The molecule has 7 nitrogen and oxygen atoms in total. The Labute approximate surface area is 208 Å². The number of hydrogen-bond donors (Lipinski definition) is 0. The molecule has 1 atom stereocenters. The van der Waals surface area contributed by atoms with Crippen LogP contribution in [0.25, 0.3) is 0 Å². The van der Waals surface area contributed by atoms with Crippen LogP contribution in [-0.4, -0.2) is 47.2 Å². The Morgan fingerprint density at radius 1 is 1.03 bits per heavy atom. The SMILES string of the molecule is COc1ccc(N(Cc2ccc(C3CCCCC3)cn2)C(=O)[C@H]2CCN2C(=O)OC(C)(C)C)cc1. The number of ether oxygens (including phenoxy) is 2. The van der Waals surface area contributed by atoms with Gasteiger partial charge < -0.3 is 14.4 Å². The molecule has 0 unspecified atom stereocenters. The molecule has 188 valence electrons. The van der Waals surface area contributed by atoms with E-state index in [1.54, 1.807) is 12.0 Å². The first-order valence-corrected chi connectivity index (χ1v) is 12.6. The molecule has 2 aliphatic rings. The van der Waals surface area contributed by atoms with Crippen molar-refractivity contribution >= 4 is 17.7 Å². The normalized spacial score (nSPS) is 18.5. The Morgan fingerprint density at radius 3 is 2.29 bits per heavy atom. The first-order valence-electron chi connectivity index (χ1n) is 12.6. The molecule has 35 heavy (non-hydrogen) atoms. The van der Waals surface area contributed by atoms with Crippen LogP contribution in [0.1, 0.15) is 76.5 Å². The quantitative estimate of drug-likeness (QED) is 0.533. The van der Waals surface area contributed by atoms with Crippen LogP contribution >= 0.6 is 0 Å². The number of likely N-dealkylation sites (tertiary alicyclic amines) is 1. The van der Waals surface area contributed by atoms with Crippen molar-refractivity contribution in [1.82, 2.24) is 9.88 Å². The molecule has 1 aliphatic heterocycles. The van der Waals surface area contributed by atoms with Gasteiger partial charge in [-0.1, -0.05) is 25.3 Å². The van der Waals surface area contributed by atoms with Gasteiger partial charge in [-0.3, -0.25) is 14.7 Å². The Balaban J connectivity index is 1.53. The molecule has 1 aromatic carbocycles. The fourth-order valence-corrected chi connectivity index (χ4v) is 4.79. The van der Waals surface area contributed by atoms with Gasteiger partial charge in [-0.25, -0.2) is 4.79 Å². The van der Waals surface area contributed by atoms with E-state index in [9.17, 15) is 9.59 Å². The lowest BCUT2D eigenvalue weighted by molar-refractivity contribution is -0.128. The van der Waals surface area contributed by atoms with Crippen molar-refractivity contribution < 1.29 is 19.1 Å². The standard InChI is InChI=1S/C28H37N3O4/c1-28(2,3)35-27(33)30-17-16-25(30)26(32)31(23-12-14-24(34-4)15-13-23)19-22-11-10-21(18-29-22)20-8-6-5-7-9-20/h10-15,18,20,25H,5-9,16-17,19H2,1-4H3/t25-/m1/s1. The van der Waals surface area contributed by atoms with Gasteiger partial charge in [-0.2, -0.15) is 0 Å². The highest BCUT2D eigenvalue weighted by Crippen LogP contribution is 2.33. The van der Waals surface area contributed by atoms with Crippen molar-refractivity contribution in [3.05, 3.63) is 53.9 Å². The molecule has 1 saturated carbocycles. The lowest BCUT2D eigenvalue weighted by Crippen LogP contribution is -2.59. The Bertz CT molecular complexity index is 1010. The minimum atomic E-state index is -0.611. The molecule has 2 aromatic rings. The molecule has 1 aliphatic carbocycles. The van der Waals surface area contributed by atoms with Crippen molar-refractivity contribution in [2.45, 2.75) is 83.4 Å². The van der Waals surface area contributed by atoms with E-state index in [4.69, 9.17) is 14.5 Å². The maximum atomic E-state index is 13.7. The summed E-state index contributed by atoms with van der Waals surface area (Å²) in [4.78, 5) is 34.3. The highest BCUT2D eigenvalue weighted by atomic mass is 16.6. The third-order valence-corrected chi connectivity index (χ3v) is 6.83. The van der Waals surface area contributed by atoms with Gasteiger partial charge in [0.15, 0.2) is 0 Å². The minimum Gasteiger partial charge on any atom is -0.497 e. The van der Waals surface area contributed by atoms with E-state index in [2.05, 4.69) is 6.07 Å². The van der Waals surface area contributed by atoms with Crippen molar-refractivity contribution in [1.29, 1.82) is 0 Å². The van der Waals surface area contributed by atoms with Crippen molar-refractivity contribution in [2.75, 3.05) is 18.6 Å². The molecular formula is C28H37N3O4. The number of nitrogens with zero attached hydrogens (tertiary/aromatic N) is 3. The zero-order valence-electron chi connectivity index (χ0n) is 21.3. The van der Waals surface area contributed by atoms with E-state index in [-0.39, 0.29) is 5.91 Å². The van der Waals surface area contributed by atoms with E-state index >= 15 is 0 Å². The molecule has 1 aromatic heterocycles. The molecular weight excluding hydrogens is 442 g/mol. The molecule has 0 spiro atoms. The van der Waals surface area contributed by atoms with Gasteiger partial charge in [-0.15, -0.1) is 0 Å². The number of carbonyl (C=O) groups is 2. The van der Waals surface area contributed by atoms with E-state index in [1.165, 1.54) is 42.6 Å². The monoisotopic (exact) mass is 479 g/mol. The summed E-state index contributed by atoms with van der Waals surface area (Å²) in [7, 11) is 1.61. The lowest BCUT2D eigenvalue weighted by atomic mass is 9.85. The van der Waals surface area contributed by atoms with Crippen molar-refractivity contribution in [3.63, 3.8) is 0 Å². The van der Waals surface area contributed by atoms with Crippen LogP contribution in [0.3, 0.4) is 0 Å². The fraction of sp³-hybridized carbons (Fsp3) is 0.536. The van der Waals surface area contributed by atoms with Gasteiger partial charge in [0.25, 0.3) is 0 Å². The second-order valence-electron chi connectivity index (χ2n) is 10.5. The number of amides is 2. The van der Waals surface area contributed by atoms with E-state index in [0.29, 0.717) is 25.4 Å². The fourth-order valence-electron chi connectivity index (χ4n) is 4.79. The first kappa shape index (κ1) is 25.0. The van der Waals surface area contributed by atoms with Crippen molar-refractivity contribution in [3.8, 4) is 5.75 Å². The minimum absolute atomic E-state index is 0.134. The average molecular weight is 480 g/mol. The van der Waals surface area contributed by atoms with Crippen LogP contribution in [0.4, 0.5) is 10.5 Å². The Hall–Kier alpha value is -3.09. The second-order valence-corrected chi connectivity index (χ2v) is 10.5. The number of benzene rings is 1. The number of methoxy groups -OCH3 is 1. The molecule has 4 rings (SSSR count). The van der Waals surface area contributed by atoms with Gasteiger partial charge in [0.2, 0.25) is 5.91 Å².